The predicted molar refractivity (Wildman–Crippen MR) is 110 cm³/mol. The van der Waals surface area contributed by atoms with Crippen molar-refractivity contribution in [1.82, 2.24) is 15.0 Å². The Morgan fingerprint density at radius 3 is 2.55 bits per heavy atom. The highest BCUT2D eigenvalue weighted by Gasteiger charge is 2.28. The van der Waals surface area contributed by atoms with Crippen LogP contribution in [0.25, 0.3) is 22.8 Å². The molecule has 0 bridgehead atoms. The summed E-state index contributed by atoms with van der Waals surface area (Å²) in [6.07, 6.45) is 6.98. The largest absolute Gasteiger partial charge is 0.445 e. The van der Waals surface area contributed by atoms with Crippen LogP contribution in [0.4, 0.5) is 5.82 Å². The summed E-state index contributed by atoms with van der Waals surface area (Å²) < 4.78 is 17.9. The standard InChI is InChI=1S/C21H22N4O3S/c26-16-7-5-15(6-8-16)23-20-18-17(9-12-29(18)27)24-19(25-20)13-1-3-14(4-2-13)21-22-10-11-28-21/h1-4,10-11,15-16,26H,5-9,12H2,(H,23,24,25)/t15?,16?,29-/m0/s1. The summed E-state index contributed by atoms with van der Waals surface area (Å²) in [7, 11) is -1.07. The molecule has 0 saturated heterocycles. The third kappa shape index (κ3) is 3.70. The molecule has 2 N–H and O–H groups in total. The number of aliphatic hydroxyl groups excluding tert-OH is 1. The molecule has 0 spiro atoms. The van der Waals surface area contributed by atoms with Gasteiger partial charge in [0, 0.05) is 29.3 Å². The van der Waals surface area contributed by atoms with E-state index in [-0.39, 0.29) is 12.1 Å². The third-order valence-electron chi connectivity index (χ3n) is 5.55. The van der Waals surface area contributed by atoms with Gasteiger partial charge in [0.2, 0.25) is 5.89 Å². The second-order valence-electron chi connectivity index (χ2n) is 7.54. The van der Waals surface area contributed by atoms with Crippen molar-refractivity contribution in [3.8, 4) is 22.8 Å². The smallest absolute Gasteiger partial charge is 0.225 e. The molecule has 2 aliphatic rings. The molecule has 0 radical (unpaired) electrons. The van der Waals surface area contributed by atoms with Gasteiger partial charge in [-0.1, -0.05) is 12.1 Å². The molecular weight excluding hydrogens is 388 g/mol. The van der Waals surface area contributed by atoms with Gasteiger partial charge in [0.1, 0.15) is 17.0 Å². The molecule has 7 nitrogen and oxygen atoms in total. The van der Waals surface area contributed by atoms with Crippen molar-refractivity contribution in [2.75, 3.05) is 11.1 Å². The summed E-state index contributed by atoms with van der Waals surface area (Å²) >= 11 is 0. The lowest BCUT2D eigenvalue weighted by Gasteiger charge is -2.27. The predicted octanol–water partition coefficient (Wildman–Crippen LogP) is 3.18. The number of hydrogen-bond acceptors (Lipinski definition) is 7. The number of aromatic nitrogens is 3. The minimum absolute atomic E-state index is 0.212. The van der Waals surface area contributed by atoms with E-state index in [1.807, 2.05) is 24.3 Å². The third-order valence-corrected chi connectivity index (χ3v) is 7.01. The fourth-order valence-corrected chi connectivity index (χ4v) is 5.28. The maximum Gasteiger partial charge on any atom is 0.225 e. The Hall–Kier alpha value is -2.58. The molecule has 1 aromatic carbocycles. The Labute approximate surface area is 171 Å². The molecule has 1 saturated carbocycles. The topological polar surface area (TPSA) is 101 Å². The SMILES string of the molecule is O=[S@]1CCc2nc(-c3ccc(-c4ncco4)cc3)nc(NC3CCC(O)CC3)c21. The highest BCUT2D eigenvalue weighted by molar-refractivity contribution is 7.85. The molecule has 3 heterocycles. The normalized spacial score (nSPS) is 23.7. The van der Waals surface area contributed by atoms with Crippen LogP contribution in [0.2, 0.25) is 0 Å². The maximum atomic E-state index is 12.5. The molecule has 1 aliphatic carbocycles. The van der Waals surface area contributed by atoms with E-state index in [9.17, 15) is 9.32 Å². The lowest BCUT2D eigenvalue weighted by Crippen LogP contribution is -2.29. The first-order valence-corrected chi connectivity index (χ1v) is 11.2. The summed E-state index contributed by atoms with van der Waals surface area (Å²) in [5.41, 5.74) is 2.64. The van der Waals surface area contributed by atoms with Gasteiger partial charge < -0.3 is 14.8 Å². The van der Waals surface area contributed by atoms with Crippen LogP contribution in [-0.2, 0) is 17.2 Å². The van der Waals surface area contributed by atoms with Crippen molar-refractivity contribution in [2.45, 2.75) is 49.1 Å². The van der Waals surface area contributed by atoms with Crippen LogP contribution in [0.3, 0.4) is 0 Å². The second-order valence-corrected chi connectivity index (χ2v) is 9.04. The highest BCUT2D eigenvalue weighted by atomic mass is 32.2. The van der Waals surface area contributed by atoms with Crippen molar-refractivity contribution < 1.29 is 13.7 Å². The Kier molecular flexibility index (Phi) is 4.89. The molecule has 0 amide bonds. The maximum absolute atomic E-state index is 12.5. The molecule has 29 heavy (non-hydrogen) atoms. The van der Waals surface area contributed by atoms with Crippen LogP contribution in [0.1, 0.15) is 31.4 Å². The monoisotopic (exact) mass is 410 g/mol. The molecule has 1 aliphatic heterocycles. The number of nitrogens with one attached hydrogen (secondary N) is 1. The number of rotatable bonds is 4. The zero-order chi connectivity index (χ0) is 19.8. The Morgan fingerprint density at radius 2 is 1.83 bits per heavy atom. The van der Waals surface area contributed by atoms with Crippen molar-refractivity contribution in [2.24, 2.45) is 0 Å². The van der Waals surface area contributed by atoms with Gasteiger partial charge >= 0.3 is 0 Å². The Morgan fingerprint density at radius 1 is 1.07 bits per heavy atom. The molecular formula is C21H22N4O3S. The van der Waals surface area contributed by atoms with Gasteiger partial charge in [0.15, 0.2) is 5.82 Å². The number of aliphatic hydroxyl groups is 1. The molecule has 1 fully saturated rings. The van der Waals surface area contributed by atoms with Gasteiger partial charge in [0.25, 0.3) is 0 Å². The summed E-state index contributed by atoms with van der Waals surface area (Å²) in [5, 5.41) is 13.3. The fraction of sp³-hybridized carbons (Fsp3) is 0.381. The number of nitrogens with zero attached hydrogens (tertiary/aromatic N) is 3. The Bertz CT molecular complexity index is 1030. The first-order chi connectivity index (χ1) is 14.2. The van der Waals surface area contributed by atoms with Crippen molar-refractivity contribution in [3.05, 3.63) is 42.4 Å². The highest BCUT2D eigenvalue weighted by Crippen LogP contribution is 2.33. The van der Waals surface area contributed by atoms with E-state index >= 15 is 0 Å². The van der Waals surface area contributed by atoms with Gasteiger partial charge in [-0.3, -0.25) is 4.21 Å². The van der Waals surface area contributed by atoms with Crippen LogP contribution in [0.15, 0.2) is 46.0 Å². The summed E-state index contributed by atoms with van der Waals surface area (Å²) in [4.78, 5) is 14.4. The number of hydrogen-bond donors (Lipinski definition) is 2. The Balaban J connectivity index is 1.47. The molecule has 0 unspecified atom stereocenters. The van der Waals surface area contributed by atoms with Gasteiger partial charge in [-0.25, -0.2) is 15.0 Å². The van der Waals surface area contributed by atoms with Crippen molar-refractivity contribution >= 4 is 16.6 Å². The zero-order valence-electron chi connectivity index (χ0n) is 15.9. The van der Waals surface area contributed by atoms with E-state index in [0.717, 1.165) is 47.4 Å². The van der Waals surface area contributed by atoms with Crippen LogP contribution in [0, 0.1) is 0 Å². The van der Waals surface area contributed by atoms with E-state index in [4.69, 9.17) is 14.4 Å². The van der Waals surface area contributed by atoms with E-state index in [1.54, 1.807) is 12.5 Å². The van der Waals surface area contributed by atoms with E-state index in [0.29, 0.717) is 29.7 Å². The lowest BCUT2D eigenvalue weighted by atomic mass is 9.93. The lowest BCUT2D eigenvalue weighted by molar-refractivity contribution is 0.126. The molecule has 1 atom stereocenters. The number of aryl methyl sites for hydroxylation is 1. The van der Waals surface area contributed by atoms with Crippen LogP contribution < -0.4 is 5.32 Å². The van der Waals surface area contributed by atoms with Crippen molar-refractivity contribution in [3.63, 3.8) is 0 Å². The van der Waals surface area contributed by atoms with Crippen LogP contribution in [0.5, 0.6) is 0 Å². The minimum atomic E-state index is -1.07. The van der Waals surface area contributed by atoms with Gasteiger partial charge in [-0.05, 0) is 37.8 Å². The first-order valence-electron chi connectivity index (χ1n) is 9.91. The molecule has 150 valence electrons. The number of oxazole rings is 1. The average Bonchev–Trinajstić information content (AvgIpc) is 3.40. The van der Waals surface area contributed by atoms with Gasteiger partial charge in [-0.2, -0.15) is 0 Å². The average molecular weight is 410 g/mol. The zero-order valence-corrected chi connectivity index (χ0v) is 16.7. The van der Waals surface area contributed by atoms with Gasteiger partial charge in [0.05, 0.1) is 28.8 Å². The van der Waals surface area contributed by atoms with Gasteiger partial charge in [-0.15, -0.1) is 0 Å². The van der Waals surface area contributed by atoms with Crippen LogP contribution in [-0.4, -0.2) is 42.2 Å². The first kappa shape index (κ1) is 18.4. The molecule has 2 aromatic heterocycles. The van der Waals surface area contributed by atoms with Crippen LogP contribution >= 0.6 is 0 Å². The second kappa shape index (κ2) is 7.68. The number of benzene rings is 1. The minimum Gasteiger partial charge on any atom is -0.445 e. The number of fused-ring (bicyclic) bond motifs is 1. The molecule has 8 heteroatoms. The van der Waals surface area contributed by atoms with E-state index in [1.165, 1.54) is 0 Å². The van der Waals surface area contributed by atoms with E-state index in [2.05, 4.69) is 10.3 Å². The fourth-order valence-electron chi connectivity index (χ4n) is 3.97. The number of anilines is 1. The quantitative estimate of drug-likeness (QED) is 0.681. The summed E-state index contributed by atoms with van der Waals surface area (Å²) in [6, 6.07) is 8.01. The molecule has 3 aromatic rings. The summed E-state index contributed by atoms with van der Waals surface area (Å²) in [6.45, 7) is 0. The van der Waals surface area contributed by atoms with Crippen molar-refractivity contribution in [1.29, 1.82) is 0 Å². The molecule has 5 rings (SSSR count). The van der Waals surface area contributed by atoms with E-state index < -0.39 is 10.8 Å². The summed E-state index contributed by atoms with van der Waals surface area (Å²) in [5.74, 6) is 2.47.